The lowest BCUT2D eigenvalue weighted by atomic mass is 10.2. The van der Waals surface area contributed by atoms with Gasteiger partial charge in [0, 0.05) is 0 Å². The second kappa shape index (κ2) is 9.26. The summed E-state index contributed by atoms with van der Waals surface area (Å²) in [6, 6.07) is 23.1. The van der Waals surface area contributed by atoms with Gasteiger partial charge < -0.3 is 19.5 Å². The van der Waals surface area contributed by atoms with E-state index in [1.807, 2.05) is 24.3 Å². The highest BCUT2D eigenvalue weighted by atomic mass is 32.2. The minimum atomic E-state index is -3.76. The molecule has 0 saturated carbocycles. The largest absolute Gasteiger partial charge is 0.486 e. The molecule has 2 atom stereocenters. The average Bonchev–Trinajstić information content (AvgIpc) is 2.86. The summed E-state index contributed by atoms with van der Waals surface area (Å²) >= 11 is 0. The molecule has 176 valence electrons. The van der Waals surface area contributed by atoms with Crippen molar-refractivity contribution >= 4 is 21.6 Å². The minimum absolute atomic E-state index is 0.122. The van der Waals surface area contributed by atoms with Crippen molar-refractivity contribution in [3.63, 3.8) is 0 Å². The number of hydrogen-bond donors (Lipinski definition) is 1. The van der Waals surface area contributed by atoms with Gasteiger partial charge in [-0.2, -0.15) is 0 Å². The first-order valence-corrected chi connectivity index (χ1v) is 12.6. The Morgan fingerprint density at radius 3 is 2.35 bits per heavy atom. The number of fused-ring (bicyclic) bond motifs is 2. The smallest absolute Gasteiger partial charge is 0.263 e. The molecule has 5 rings (SSSR count). The van der Waals surface area contributed by atoms with E-state index in [0.717, 1.165) is 0 Å². The summed E-state index contributed by atoms with van der Waals surface area (Å²) in [5.74, 6) is 1.03. The van der Waals surface area contributed by atoms with Gasteiger partial charge >= 0.3 is 0 Å². The van der Waals surface area contributed by atoms with Crippen molar-refractivity contribution in [2.45, 2.75) is 18.0 Å². The summed E-state index contributed by atoms with van der Waals surface area (Å²) in [6.07, 6.45) is -1.37. The number of nitrogens with one attached hydrogen (secondary N) is 1. The third kappa shape index (κ3) is 4.65. The monoisotopic (exact) mass is 480 g/mol. The zero-order chi connectivity index (χ0) is 23.5. The van der Waals surface area contributed by atoms with Gasteiger partial charge in [0.1, 0.15) is 18.5 Å². The molecule has 0 bridgehead atoms. The van der Waals surface area contributed by atoms with Gasteiger partial charge in [0.25, 0.3) is 5.91 Å². The number of hydrogen-bond acceptors (Lipinski definition) is 6. The Morgan fingerprint density at radius 1 is 0.882 bits per heavy atom. The number of para-hydroxylation sites is 4. The van der Waals surface area contributed by atoms with Gasteiger partial charge in [-0.1, -0.05) is 54.6 Å². The standard InChI is InChI=1S/C25H24N2O6S/c28-25(26-14-19-16-31-22-12-6-7-13-23(22)32-19)24-15-27(20-10-4-5-11-21(20)33-24)34(29,30)17-18-8-2-1-3-9-18/h1-13,19,24H,14-17H2,(H,26,28). The molecule has 0 radical (unpaired) electrons. The summed E-state index contributed by atoms with van der Waals surface area (Å²) in [6.45, 7) is 0.373. The van der Waals surface area contributed by atoms with Gasteiger partial charge in [-0.15, -0.1) is 0 Å². The predicted octanol–water partition coefficient (Wildman–Crippen LogP) is 2.74. The van der Waals surface area contributed by atoms with Crippen molar-refractivity contribution in [2.75, 3.05) is 24.0 Å². The molecule has 0 aromatic heterocycles. The Morgan fingerprint density at radius 2 is 1.56 bits per heavy atom. The van der Waals surface area contributed by atoms with Gasteiger partial charge in [-0.25, -0.2) is 8.42 Å². The molecule has 9 heteroatoms. The molecule has 3 aromatic carbocycles. The lowest BCUT2D eigenvalue weighted by Gasteiger charge is -2.35. The Labute approximate surface area is 198 Å². The SMILES string of the molecule is O=C(NCC1COc2ccccc2O1)C1CN(S(=O)(=O)Cc2ccccc2)c2ccccc2O1. The highest BCUT2D eigenvalue weighted by molar-refractivity contribution is 7.92. The molecule has 1 N–H and O–H groups in total. The lowest BCUT2D eigenvalue weighted by molar-refractivity contribution is -0.128. The fourth-order valence-electron chi connectivity index (χ4n) is 3.96. The third-order valence-electron chi connectivity index (χ3n) is 5.63. The second-order valence-corrected chi connectivity index (χ2v) is 9.98. The van der Waals surface area contributed by atoms with E-state index in [4.69, 9.17) is 14.2 Å². The van der Waals surface area contributed by atoms with E-state index in [1.165, 1.54) is 4.31 Å². The van der Waals surface area contributed by atoms with Crippen LogP contribution in [0.2, 0.25) is 0 Å². The molecular weight excluding hydrogens is 456 g/mol. The number of ether oxygens (including phenoxy) is 3. The highest BCUT2D eigenvalue weighted by Crippen LogP contribution is 2.36. The maximum atomic E-state index is 13.3. The second-order valence-electron chi connectivity index (χ2n) is 8.09. The molecule has 2 aliphatic rings. The van der Waals surface area contributed by atoms with Crippen LogP contribution in [-0.2, 0) is 20.6 Å². The average molecular weight is 481 g/mol. The van der Waals surface area contributed by atoms with E-state index in [0.29, 0.717) is 35.1 Å². The molecule has 0 aliphatic carbocycles. The molecule has 0 saturated heterocycles. The summed E-state index contributed by atoms with van der Waals surface area (Å²) in [4.78, 5) is 13.0. The van der Waals surface area contributed by atoms with Crippen molar-refractivity contribution in [1.29, 1.82) is 0 Å². The zero-order valence-electron chi connectivity index (χ0n) is 18.3. The van der Waals surface area contributed by atoms with Gasteiger partial charge in [-0.3, -0.25) is 9.10 Å². The van der Waals surface area contributed by atoms with E-state index >= 15 is 0 Å². The van der Waals surface area contributed by atoms with Crippen LogP contribution in [0.4, 0.5) is 5.69 Å². The first-order chi connectivity index (χ1) is 16.5. The van der Waals surface area contributed by atoms with Crippen LogP contribution in [0.5, 0.6) is 17.2 Å². The van der Waals surface area contributed by atoms with Crippen molar-refractivity contribution < 1.29 is 27.4 Å². The van der Waals surface area contributed by atoms with Gasteiger partial charge in [0.05, 0.1) is 24.5 Å². The molecule has 3 aromatic rings. The molecule has 8 nitrogen and oxygen atoms in total. The summed E-state index contributed by atoms with van der Waals surface area (Å²) in [5.41, 5.74) is 1.09. The number of carbonyl (C=O) groups excluding carboxylic acids is 1. The molecule has 1 amide bonds. The van der Waals surface area contributed by atoms with Crippen LogP contribution in [0.1, 0.15) is 5.56 Å². The Kier molecular flexibility index (Phi) is 6.02. The number of amides is 1. The summed E-state index contributed by atoms with van der Waals surface area (Å²) < 4.78 is 45.3. The van der Waals surface area contributed by atoms with Crippen LogP contribution >= 0.6 is 0 Å². The van der Waals surface area contributed by atoms with E-state index < -0.39 is 22.0 Å². The van der Waals surface area contributed by atoms with Crippen LogP contribution in [0.25, 0.3) is 0 Å². The van der Waals surface area contributed by atoms with Gasteiger partial charge in [0.15, 0.2) is 17.6 Å². The zero-order valence-corrected chi connectivity index (χ0v) is 19.1. The minimum Gasteiger partial charge on any atom is -0.486 e. The number of anilines is 1. The lowest BCUT2D eigenvalue weighted by Crippen LogP contribution is -2.52. The topological polar surface area (TPSA) is 94.2 Å². The van der Waals surface area contributed by atoms with E-state index in [9.17, 15) is 13.2 Å². The van der Waals surface area contributed by atoms with Crippen LogP contribution in [0.15, 0.2) is 78.9 Å². The normalized spacial score (nSPS) is 19.0. The molecule has 34 heavy (non-hydrogen) atoms. The number of benzene rings is 3. The Balaban J connectivity index is 1.29. The maximum Gasteiger partial charge on any atom is 0.263 e. The van der Waals surface area contributed by atoms with Crippen molar-refractivity contribution in [2.24, 2.45) is 0 Å². The van der Waals surface area contributed by atoms with E-state index in [2.05, 4.69) is 5.32 Å². The fraction of sp³-hybridized carbons (Fsp3) is 0.240. The van der Waals surface area contributed by atoms with Crippen molar-refractivity contribution in [3.8, 4) is 17.2 Å². The molecule has 0 fully saturated rings. The fourth-order valence-corrected chi connectivity index (χ4v) is 5.54. The highest BCUT2D eigenvalue weighted by Gasteiger charge is 2.37. The predicted molar refractivity (Wildman–Crippen MR) is 127 cm³/mol. The van der Waals surface area contributed by atoms with Gasteiger partial charge in [0.2, 0.25) is 10.0 Å². The van der Waals surface area contributed by atoms with Crippen LogP contribution < -0.4 is 23.8 Å². The van der Waals surface area contributed by atoms with Crippen LogP contribution in [0.3, 0.4) is 0 Å². The number of nitrogens with zero attached hydrogens (tertiary/aromatic N) is 1. The molecular formula is C25H24N2O6S. The Hall–Kier alpha value is -3.72. The van der Waals surface area contributed by atoms with E-state index in [1.54, 1.807) is 54.6 Å². The van der Waals surface area contributed by atoms with Crippen molar-refractivity contribution in [1.82, 2.24) is 5.32 Å². The Bertz CT molecular complexity index is 1280. The van der Waals surface area contributed by atoms with Gasteiger partial charge in [-0.05, 0) is 29.8 Å². The molecule has 0 spiro atoms. The van der Waals surface area contributed by atoms with Crippen molar-refractivity contribution in [3.05, 3.63) is 84.4 Å². The summed E-state index contributed by atoms with van der Waals surface area (Å²) in [5, 5.41) is 2.81. The number of carbonyl (C=O) groups is 1. The summed E-state index contributed by atoms with van der Waals surface area (Å²) in [7, 11) is -3.76. The van der Waals surface area contributed by atoms with E-state index in [-0.39, 0.29) is 24.9 Å². The molecule has 2 aliphatic heterocycles. The molecule has 2 unspecified atom stereocenters. The van der Waals surface area contributed by atoms with Crippen LogP contribution in [-0.4, -0.2) is 46.2 Å². The quantitative estimate of drug-likeness (QED) is 0.583. The van der Waals surface area contributed by atoms with Crippen LogP contribution in [0, 0.1) is 0 Å². The molecule has 2 heterocycles. The number of sulfonamides is 1. The first kappa shape index (κ1) is 22.1. The first-order valence-electron chi connectivity index (χ1n) is 11.0. The maximum absolute atomic E-state index is 13.3. The number of rotatable bonds is 6. The third-order valence-corrected chi connectivity index (χ3v) is 7.34.